The molecule has 4 heteroatoms. The van der Waals surface area contributed by atoms with E-state index in [-0.39, 0.29) is 0 Å². The molecule has 0 aliphatic rings. The zero-order valence-corrected chi connectivity index (χ0v) is 14.7. The fourth-order valence-corrected chi connectivity index (χ4v) is 2.76. The van der Waals surface area contributed by atoms with E-state index in [2.05, 4.69) is 13.5 Å². The van der Waals surface area contributed by atoms with Crippen LogP contribution in [0.15, 0.2) is 70.4 Å². The standard InChI is InChI=1S/C22H20O4/c1-3-5-6-15-7-9-16(10-8-15)19-14-17-13-18(25-21(23)4-2)11-12-20(17)26-22(19)24/h4,7-14H,2-3,5-6H2,1H3. The van der Waals surface area contributed by atoms with E-state index in [1.165, 1.54) is 5.56 Å². The maximum Gasteiger partial charge on any atom is 0.344 e. The molecule has 0 aliphatic carbocycles. The van der Waals surface area contributed by atoms with Crippen LogP contribution in [0.2, 0.25) is 0 Å². The zero-order chi connectivity index (χ0) is 18.5. The van der Waals surface area contributed by atoms with E-state index in [0.29, 0.717) is 22.3 Å². The highest BCUT2D eigenvalue weighted by Gasteiger charge is 2.10. The van der Waals surface area contributed by atoms with Crippen LogP contribution in [0.5, 0.6) is 5.75 Å². The minimum Gasteiger partial charge on any atom is -0.423 e. The summed E-state index contributed by atoms with van der Waals surface area (Å²) >= 11 is 0. The Morgan fingerprint density at radius 3 is 2.62 bits per heavy atom. The lowest BCUT2D eigenvalue weighted by atomic mass is 10.0. The molecule has 0 aliphatic heterocycles. The number of ether oxygens (including phenoxy) is 1. The Hall–Kier alpha value is -3.14. The topological polar surface area (TPSA) is 56.5 Å². The Morgan fingerprint density at radius 2 is 1.92 bits per heavy atom. The number of hydrogen-bond acceptors (Lipinski definition) is 4. The second kappa shape index (κ2) is 7.83. The highest BCUT2D eigenvalue weighted by atomic mass is 16.5. The van der Waals surface area contributed by atoms with Crippen molar-refractivity contribution in [3.63, 3.8) is 0 Å². The van der Waals surface area contributed by atoms with E-state index in [9.17, 15) is 9.59 Å². The van der Waals surface area contributed by atoms with Gasteiger partial charge in [-0.25, -0.2) is 9.59 Å². The number of benzene rings is 2. The van der Waals surface area contributed by atoms with Crippen LogP contribution >= 0.6 is 0 Å². The third kappa shape index (κ3) is 3.91. The maximum atomic E-state index is 12.3. The molecule has 0 unspecified atom stereocenters. The smallest absolute Gasteiger partial charge is 0.344 e. The van der Waals surface area contributed by atoms with Crippen molar-refractivity contribution >= 4 is 16.9 Å². The number of fused-ring (bicyclic) bond motifs is 1. The van der Waals surface area contributed by atoms with Gasteiger partial charge in [0.2, 0.25) is 0 Å². The monoisotopic (exact) mass is 348 g/mol. The first kappa shape index (κ1) is 17.7. The van der Waals surface area contributed by atoms with Crippen molar-refractivity contribution in [3.8, 4) is 16.9 Å². The quantitative estimate of drug-likeness (QED) is 0.275. The van der Waals surface area contributed by atoms with Crippen molar-refractivity contribution in [2.45, 2.75) is 26.2 Å². The van der Waals surface area contributed by atoms with Crippen LogP contribution in [0.3, 0.4) is 0 Å². The van der Waals surface area contributed by atoms with Gasteiger partial charge in [-0.1, -0.05) is 44.2 Å². The molecular formula is C22H20O4. The Labute approximate surface area is 151 Å². The van der Waals surface area contributed by atoms with E-state index < -0.39 is 11.6 Å². The summed E-state index contributed by atoms with van der Waals surface area (Å²) in [4.78, 5) is 23.7. The Balaban J connectivity index is 1.97. The van der Waals surface area contributed by atoms with Gasteiger partial charge in [-0.2, -0.15) is 0 Å². The number of rotatable bonds is 6. The van der Waals surface area contributed by atoms with Crippen LogP contribution in [0.4, 0.5) is 0 Å². The van der Waals surface area contributed by atoms with Gasteiger partial charge in [0.25, 0.3) is 0 Å². The lowest BCUT2D eigenvalue weighted by Crippen LogP contribution is -2.04. The predicted octanol–water partition coefficient (Wildman–Crippen LogP) is 4.89. The van der Waals surface area contributed by atoms with Gasteiger partial charge in [0.15, 0.2) is 0 Å². The third-order valence-electron chi connectivity index (χ3n) is 4.17. The zero-order valence-electron chi connectivity index (χ0n) is 14.7. The van der Waals surface area contributed by atoms with Crippen molar-refractivity contribution in [2.24, 2.45) is 0 Å². The van der Waals surface area contributed by atoms with Gasteiger partial charge >= 0.3 is 11.6 Å². The predicted molar refractivity (Wildman–Crippen MR) is 102 cm³/mol. The number of aryl methyl sites for hydroxylation is 1. The van der Waals surface area contributed by atoms with Crippen LogP contribution in [0.1, 0.15) is 25.3 Å². The molecule has 132 valence electrons. The Morgan fingerprint density at radius 1 is 1.15 bits per heavy atom. The van der Waals surface area contributed by atoms with Gasteiger partial charge in [-0.3, -0.25) is 0 Å². The Bertz CT molecular complexity index is 997. The molecule has 2 aromatic carbocycles. The van der Waals surface area contributed by atoms with Crippen molar-refractivity contribution < 1.29 is 13.9 Å². The number of carbonyl (C=O) groups is 1. The van der Waals surface area contributed by atoms with Crippen LogP contribution in [-0.2, 0) is 11.2 Å². The summed E-state index contributed by atoms with van der Waals surface area (Å²) in [6, 6.07) is 14.6. The van der Waals surface area contributed by atoms with Crippen LogP contribution in [0, 0.1) is 0 Å². The third-order valence-corrected chi connectivity index (χ3v) is 4.17. The molecule has 0 bridgehead atoms. The minimum atomic E-state index is -0.537. The molecule has 1 aromatic heterocycles. The minimum absolute atomic E-state index is 0.372. The SMILES string of the molecule is C=CC(=O)Oc1ccc2oc(=O)c(-c3ccc(CCCC)cc3)cc2c1. The molecule has 4 nitrogen and oxygen atoms in total. The molecule has 26 heavy (non-hydrogen) atoms. The molecule has 0 saturated heterocycles. The maximum absolute atomic E-state index is 12.3. The normalized spacial score (nSPS) is 10.7. The van der Waals surface area contributed by atoms with Gasteiger partial charge in [0.05, 0.1) is 5.56 Å². The average Bonchev–Trinajstić information content (AvgIpc) is 2.66. The molecule has 1 heterocycles. The van der Waals surface area contributed by atoms with E-state index in [1.54, 1.807) is 24.3 Å². The number of esters is 1. The second-order valence-corrected chi connectivity index (χ2v) is 6.07. The molecule has 0 fully saturated rings. The summed E-state index contributed by atoms with van der Waals surface area (Å²) in [7, 11) is 0. The molecule has 0 saturated carbocycles. The lowest BCUT2D eigenvalue weighted by Gasteiger charge is -2.06. The molecule has 3 aromatic rings. The highest BCUT2D eigenvalue weighted by Crippen LogP contribution is 2.25. The fourth-order valence-electron chi connectivity index (χ4n) is 2.76. The first-order valence-corrected chi connectivity index (χ1v) is 8.62. The molecule has 0 radical (unpaired) electrons. The molecule has 0 spiro atoms. The van der Waals surface area contributed by atoms with Gasteiger partial charge in [-0.05, 0) is 48.2 Å². The number of hydrogen-bond donors (Lipinski definition) is 0. The van der Waals surface area contributed by atoms with Crippen molar-refractivity contribution in [1.29, 1.82) is 0 Å². The summed E-state index contributed by atoms with van der Waals surface area (Å²) in [6.45, 7) is 5.54. The van der Waals surface area contributed by atoms with E-state index >= 15 is 0 Å². The van der Waals surface area contributed by atoms with Gasteiger partial charge in [0.1, 0.15) is 11.3 Å². The Kier molecular flexibility index (Phi) is 5.32. The van der Waals surface area contributed by atoms with Crippen LogP contribution in [0.25, 0.3) is 22.1 Å². The highest BCUT2D eigenvalue weighted by molar-refractivity contribution is 5.86. The number of carbonyl (C=O) groups excluding carboxylic acids is 1. The van der Waals surface area contributed by atoms with Gasteiger partial charge in [0, 0.05) is 11.5 Å². The van der Waals surface area contributed by atoms with Gasteiger partial charge < -0.3 is 9.15 Å². The molecule has 0 atom stereocenters. The second-order valence-electron chi connectivity index (χ2n) is 6.07. The fraction of sp³-hybridized carbons (Fsp3) is 0.182. The molecule has 0 amide bonds. The summed E-state index contributed by atoms with van der Waals surface area (Å²) in [5.74, 6) is -0.165. The summed E-state index contributed by atoms with van der Waals surface area (Å²) < 4.78 is 10.5. The lowest BCUT2D eigenvalue weighted by molar-refractivity contribution is -0.128. The van der Waals surface area contributed by atoms with Crippen molar-refractivity contribution in [1.82, 2.24) is 0 Å². The first-order chi connectivity index (χ1) is 12.6. The van der Waals surface area contributed by atoms with E-state index in [4.69, 9.17) is 9.15 Å². The molecule has 3 rings (SSSR count). The summed E-state index contributed by atoms with van der Waals surface area (Å²) in [6.07, 6.45) is 4.42. The van der Waals surface area contributed by atoms with Crippen molar-refractivity contribution in [2.75, 3.05) is 0 Å². The molecular weight excluding hydrogens is 328 g/mol. The summed E-state index contributed by atoms with van der Waals surface area (Å²) in [5, 5.41) is 0.684. The van der Waals surface area contributed by atoms with E-state index in [0.717, 1.165) is 30.9 Å². The largest absolute Gasteiger partial charge is 0.423 e. The molecule has 0 N–H and O–H groups in total. The summed E-state index contributed by atoms with van der Waals surface area (Å²) in [5.41, 5.74) is 2.58. The van der Waals surface area contributed by atoms with E-state index in [1.807, 2.05) is 24.3 Å². The van der Waals surface area contributed by atoms with Crippen LogP contribution < -0.4 is 10.4 Å². The van der Waals surface area contributed by atoms with Gasteiger partial charge in [-0.15, -0.1) is 0 Å². The first-order valence-electron chi connectivity index (χ1n) is 8.62. The number of unbranched alkanes of at least 4 members (excludes halogenated alkanes) is 1. The van der Waals surface area contributed by atoms with Crippen LogP contribution in [-0.4, -0.2) is 5.97 Å². The average molecular weight is 348 g/mol. The van der Waals surface area contributed by atoms with Crippen molar-refractivity contribution in [3.05, 3.63) is 77.2 Å².